The predicted molar refractivity (Wildman–Crippen MR) is 134 cm³/mol. The van der Waals surface area contributed by atoms with Gasteiger partial charge in [-0.3, -0.25) is 9.59 Å². The molecule has 5 heteroatoms. The normalized spacial score (nSPS) is 20.8. The molecule has 0 heterocycles. The Morgan fingerprint density at radius 2 is 1.55 bits per heavy atom. The molecule has 1 aliphatic rings. The third kappa shape index (κ3) is 5.07. The van der Waals surface area contributed by atoms with Gasteiger partial charge in [-0.05, 0) is 86.3 Å². The van der Waals surface area contributed by atoms with Crippen LogP contribution in [0.15, 0.2) is 42.5 Å². The highest BCUT2D eigenvalue weighted by molar-refractivity contribution is 6.04. The van der Waals surface area contributed by atoms with Crippen molar-refractivity contribution in [2.45, 2.75) is 65.8 Å². The van der Waals surface area contributed by atoms with Crippen molar-refractivity contribution in [1.29, 1.82) is 0 Å². The number of rotatable bonds is 5. The number of ether oxygens (including phenoxy) is 1. The summed E-state index contributed by atoms with van der Waals surface area (Å²) in [4.78, 5) is 29.1. The van der Waals surface area contributed by atoms with E-state index in [-0.39, 0.29) is 17.2 Å². The number of aryl methyl sites for hydroxylation is 2. The predicted octanol–water partition coefficient (Wildman–Crippen LogP) is 6.00. The van der Waals surface area contributed by atoms with E-state index in [0.717, 1.165) is 29.7 Å². The summed E-state index contributed by atoms with van der Waals surface area (Å²) < 4.78 is 5.23. The summed E-state index contributed by atoms with van der Waals surface area (Å²) >= 11 is 0. The molecule has 1 aliphatic carbocycles. The van der Waals surface area contributed by atoms with Crippen molar-refractivity contribution in [3.63, 3.8) is 0 Å². The highest BCUT2D eigenvalue weighted by Gasteiger charge is 2.48. The number of likely N-dealkylation sites (N-methyl/N-ethyl adjacent to an activating group) is 1. The maximum atomic E-state index is 13.9. The maximum absolute atomic E-state index is 13.9. The van der Waals surface area contributed by atoms with Gasteiger partial charge in [-0.2, -0.15) is 0 Å². The SMILES string of the molecule is COc1ccc(C(=O)N(C)C2(C(=O)Nc3c(C)cccc3C)CCC(C(C)(C)C)CC2)cc1. The first kappa shape index (κ1) is 24.8. The topological polar surface area (TPSA) is 58.6 Å². The molecule has 5 nitrogen and oxygen atoms in total. The molecule has 178 valence electrons. The smallest absolute Gasteiger partial charge is 0.254 e. The second-order valence-corrected chi connectivity index (χ2v) is 10.5. The van der Waals surface area contributed by atoms with Crippen molar-refractivity contribution in [2.24, 2.45) is 11.3 Å². The molecule has 1 fully saturated rings. The van der Waals surface area contributed by atoms with Crippen LogP contribution in [0.4, 0.5) is 5.69 Å². The minimum atomic E-state index is -0.895. The summed E-state index contributed by atoms with van der Waals surface area (Å²) in [7, 11) is 3.37. The van der Waals surface area contributed by atoms with E-state index >= 15 is 0 Å². The Kier molecular flexibility index (Phi) is 7.20. The second kappa shape index (κ2) is 9.58. The Labute approximate surface area is 198 Å². The zero-order valence-corrected chi connectivity index (χ0v) is 21.1. The van der Waals surface area contributed by atoms with Gasteiger partial charge in [0, 0.05) is 18.3 Å². The first-order valence-corrected chi connectivity index (χ1v) is 11.8. The molecule has 0 atom stereocenters. The summed E-state index contributed by atoms with van der Waals surface area (Å²) in [6, 6.07) is 13.1. The van der Waals surface area contributed by atoms with Crippen LogP contribution in [0.25, 0.3) is 0 Å². The van der Waals surface area contributed by atoms with E-state index in [0.29, 0.717) is 30.1 Å². The molecule has 0 radical (unpaired) electrons. The zero-order valence-electron chi connectivity index (χ0n) is 21.1. The van der Waals surface area contributed by atoms with Crippen LogP contribution >= 0.6 is 0 Å². The number of para-hydroxylation sites is 1. The van der Waals surface area contributed by atoms with E-state index in [2.05, 4.69) is 26.1 Å². The molecule has 0 saturated heterocycles. The van der Waals surface area contributed by atoms with E-state index in [1.54, 1.807) is 43.3 Å². The van der Waals surface area contributed by atoms with E-state index in [1.165, 1.54) is 0 Å². The molecule has 2 aromatic rings. The molecular formula is C28H38N2O3. The number of nitrogens with zero attached hydrogens (tertiary/aromatic N) is 1. The average Bonchev–Trinajstić information content (AvgIpc) is 2.80. The Morgan fingerprint density at radius 1 is 1.00 bits per heavy atom. The third-order valence-corrected chi connectivity index (χ3v) is 7.46. The second-order valence-electron chi connectivity index (χ2n) is 10.5. The molecule has 2 amide bonds. The lowest BCUT2D eigenvalue weighted by Crippen LogP contribution is -2.59. The standard InChI is InChI=1S/C28H38N2O3/c1-19-9-8-10-20(2)24(19)29-26(32)28(17-15-22(16-18-28)27(3,4)5)30(6)25(31)21-11-13-23(33-7)14-12-21/h8-14,22H,15-18H2,1-7H3,(H,29,32). The molecule has 0 aromatic heterocycles. The summed E-state index contributed by atoms with van der Waals surface area (Å²) in [6.07, 6.45) is 3.10. The number of nitrogens with one attached hydrogen (secondary N) is 1. The Bertz CT molecular complexity index is 977. The number of benzene rings is 2. The minimum absolute atomic E-state index is 0.100. The van der Waals surface area contributed by atoms with Gasteiger partial charge in [0.25, 0.3) is 5.91 Å². The molecule has 0 aliphatic heterocycles. The number of amides is 2. The van der Waals surface area contributed by atoms with Crippen LogP contribution in [0.3, 0.4) is 0 Å². The number of hydrogen-bond acceptors (Lipinski definition) is 3. The van der Waals surface area contributed by atoms with Crippen LogP contribution < -0.4 is 10.1 Å². The van der Waals surface area contributed by atoms with Gasteiger partial charge in [-0.25, -0.2) is 0 Å². The van der Waals surface area contributed by atoms with Crippen molar-refractivity contribution < 1.29 is 14.3 Å². The van der Waals surface area contributed by atoms with E-state index in [9.17, 15) is 9.59 Å². The number of carbonyl (C=O) groups is 2. The fourth-order valence-corrected chi connectivity index (χ4v) is 5.04. The molecule has 0 bridgehead atoms. The Hall–Kier alpha value is -2.82. The monoisotopic (exact) mass is 450 g/mol. The van der Waals surface area contributed by atoms with Gasteiger partial charge in [0.15, 0.2) is 0 Å². The zero-order chi connectivity index (χ0) is 24.4. The molecule has 0 spiro atoms. The number of methoxy groups -OCH3 is 1. The summed E-state index contributed by atoms with van der Waals surface area (Å²) in [5.74, 6) is 0.964. The van der Waals surface area contributed by atoms with E-state index in [4.69, 9.17) is 4.74 Å². The minimum Gasteiger partial charge on any atom is -0.497 e. The third-order valence-electron chi connectivity index (χ3n) is 7.46. The van der Waals surface area contributed by atoms with Crippen molar-refractivity contribution in [3.8, 4) is 5.75 Å². The Balaban J connectivity index is 1.94. The molecule has 3 rings (SSSR count). The van der Waals surface area contributed by atoms with Gasteiger partial charge in [-0.15, -0.1) is 0 Å². The fraction of sp³-hybridized carbons (Fsp3) is 0.500. The van der Waals surface area contributed by atoms with Gasteiger partial charge >= 0.3 is 0 Å². The summed E-state index contributed by atoms with van der Waals surface area (Å²) in [5, 5.41) is 3.20. The lowest BCUT2D eigenvalue weighted by atomic mass is 9.66. The van der Waals surface area contributed by atoms with Crippen molar-refractivity contribution in [1.82, 2.24) is 4.90 Å². The lowest BCUT2D eigenvalue weighted by molar-refractivity contribution is -0.129. The molecule has 33 heavy (non-hydrogen) atoms. The maximum Gasteiger partial charge on any atom is 0.254 e. The van der Waals surface area contributed by atoms with Crippen LogP contribution in [0.1, 0.15) is 67.9 Å². The summed E-state index contributed by atoms with van der Waals surface area (Å²) in [6.45, 7) is 10.8. The van der Waals surface area contributed by atoms with Crippen LogP contribution in [0.5, 0.6) is 5.75 Å². The number of anilines is 1. The van der Waals surface area contributed by atoms with Crippen molar-refractivity contribution >= 4 is 17.5 Å². The highest BCUT2D eigenvalue weighted by Crippen LogP contribution is 2.44. The molecule has 2 aromatic carbocycles. The van der Waals surface area contributed by atoms with Gasteiger partial charge in [-0.1, -0.05) is 39.0 Å². The number of hydrogen-bond donors (Lipinski definition) is 1. The quantitative estimate of drug-likeness (QED) is 0.608. The molecule has 1 N–H and O–H groups in total. The van der Waals surface area contributed by atoms with Crippen LogP contribution in [-0.2, 0) is 4.79 Å². The van der Waals surface area contributed by atoms with E-state index in [1.807, 2.05) is 32.0 Å². The Morgan fingerprint density at radius 3 is 2.03 bits per heavy atom. The van der Waals surface area contributed by atoms with Crippen LogP contribution in [0, 0.1) is 25.2 Å². The molecule has 0 unspecified atom stereocenters. The summed E-state index contributed by atoms with van der Waals surface area (Å²) in [5.41, 5.74) is 2.71. The van der Waals surface area contributed by atoms with Crippen molar-refractivity contribution in [3.05, 3.63) is 59.2 Å². The molecule has 1 saturated carbocycles. The van der Waals surface area contributed by atoms with E-state index < -0.39 is 5.54 Å². The van der Waals surface area contributed by atoms with Crippen LogP contribution in [-0.4, -0.2) is 36.4 Å². The average molecular weight is 451 g/mol. The first-order chi connectivity index (χ1) is 15.5. The highest BCUT2D eigenvalue weighted by atomic mass is 16.5. The van der Waals surface area contributed by atoms with Crippen LogP contribution in [0.2, 0.25) is 0 Å². The fourth-order valence-electron chi connectivity index (χ4n) is 5.04. The number of carbonyl (C=O) groups excluding carboxylic acids is 2. The van der Waals surface area contributed by atoms with Gasteiger partial charge in [0.05, 0.1) is 7.11 Å². The van der Waals surface area contributed by atoms with Gasteiger partial charge in [0.2, 0.25) is 5.91 Å². The first-order valence-electron chi connectivity index (χ1n) is 11.8. The lowest BCUT2D eigenvalue weighted by Gasteiger charge is -2.47. The van der Waals surface area contributed by atoms with Gasteiger partial charge < -0.3 is 15.0 Å². The largest absolute Gasteiger partial charge is 0.497 e. The van der Waals surface area contributed by atoms with Gasteiger partial charge in [0.1, 0.15) is 11.3 Å². The molecular weight excluding hydrogens is 412 g/mol. The van der Waals surface area contributed by atoms with Crippen molar-refractivity contribution in [2.75, 3.05) is 19.5 Å².